The van der Waals surface area contributed by atoms with Crippen LogP contribution in [-0.4, -0.2) is 40.5 Å². The minimum atomic E-state index is -1.09. The van der Waals surface area contributed by atoms with Gasteiger partial charge in [0.1, 0.15) is 6.04 Å². The summed E-state index contributed by atoms with van der Waals surface area (Å²) < 4.78 is 0. The molecule has 0 fully saturated rings. The van der Waals surface area contributed by atoms with Crippen LogP contribution in [0.15, 0.2) is 24.5 Å². The number of amides is 2. The molecule has 3 N–H and O–H groups in total. The van der Waals surface area contributed by atoms with Crippen molar-refractivity contribution in [1.82, 2.24) is 15.6 Å². The summed E-state index contributed by atoms with van der Waals surface area (Å²) in [4.78, 5) is 38.2. The van der Waals surface area contributed by atoms with Gasteiger partial charge in [-0.15, -0.1) is 0 Å². The SMILES string of the molecule is CC(C)C[C@@H](NC(=O)CNC(=O)c1cccnc1)C(=O)O. The van der Waals surface area contributed by atoms with Gasteiger partial charge in [-0.2, -0.15) is 0 Å². The van der Waals surface area contributed by atoms with Crippen LogP contribution in [0.1, 0.15) is 30.6 Å². The first-order valence-electron chi connectivity index (χ1n) is 6.60. The fourth-order valence-corrected chi connectivity index (χ4v) is 1.70. The van der Waals surface area contributed by atoms with Crippen LogP contribution in [0, 0.1) is 5.92 Å². The normalized spacial score (nSPS) is 11.8. The fourth-order valence-electron chi connectivity index (χ4n) is 1.70. The molecule has 1 aromatic rings. The van der Waals surface area contributed by atoms with E-state index in [1.54, 1.807) is 12.1 Å². The van der Waals surface area contributed by atoms with Crippen molar-refractivity contribution >= 4 is 17.8 Å². The summed E-state index contributed by atoms with van der Waals surface area (Å²) >= 11 is 0. The molecule has 0 aromatic carbocycles. The zero-order valence-electron chi connectivity index (χ0n) is 12.0. The number of aromatic nitrogens is 1. The lowest BCUT2D eigenvalue weighted by atomic mass is 10.0. The summed E-state index contributed by atoms with van der Waals surface area (Å²) in [5.74, 6) is -1.93. The molecule has 1 heterocycles. The molecule has 0 aliphatic heterocycles. The molecule has 0 bridgehead atoms. The minimum absolute atomic E-state index is 0.136. The lowest BCUT2D eigenvalue weighted by Gasteiger charge is -2.16. The van der Waals surface area contributed by atoms with Gasteiger partial charge in [0.15, 0.2) is 0 Å². The number of carboxylic acid groups (broad SMARTS) is 1. The quantitative estimate of drug-likeness (QED) is 0.675. The van der Waals surface area contributed by atoms with Crippen LogP contribution in [0.25, 0.3) is 0 Å². The van der Waals surface area contributed by atoms with E-state index in [0.29, 0.717) is 12.0 Å². The molecule has 1 aromatic heterocycles. The van der Waals surface area contributed by atoms with E-state index in [0.717, 1.165) is 0 Å². The number of hydrogen-bond donors (Lipinski definition) is 3. The van der Waals surface area contributed by atoms with Crippen molar-refractivity contribution in [2.75, 3.05) is 6.54 Å². The molecule has 0 radical (unpaired) electrons. The first-order valence-corrected chi connectivity index (χ1v) is 6.60. The third-order valence-corrected chi connectivity index (χ3v) is 2.67. The number of nitrogens with one attached hydrogen (secondary N) is 2. The lowest BCUT2D eigenvalue weighted by molar-refractivity contribution is -0.142. The predicted molar refractivity (Wildman–Crippen MR) is 75.6 cm³/mol. The Morgan fingerprint density at radius 2 is 2.05 bits per heavy atom. The van der Waals surface area contributed by atoms with E-state index in [4.69, 9.17) is 5.11 Å². The minimum Gasteiger partial charge on any atom is -0.480 e. The van der Waals surface area contributed by atoms with E-state index in [2.05, 4.69) is 15.6 Å². The highest BCUT2D eigenvalue weighted by molar-refractivity contribution is 5.96. The molecule has 1 rings (SSSR count). The molecule has 0 unspecified atom stereocenters. The molecule has 7 nitrogen and oxygen atoms in total. The number of nitrogens with zero attached hydrogens (tertiary/aromatic N) is 1. The maximum absolute atomic E-state index is 11.7. The molecule has 1 atom stereocenters. The van der Waals surface area contributed by atoms with Crippen LogP contribution in [0.3, 0.4) is 0 Å². The standard InChI is InChI=1S/C14H19N3O4/c1-9(2)6-11(14(20)21)17-12(18)8-16-13(19)10-4-3-5-15-7-10/h3-5,7,9,11H,6,8H2,1-2H3,(H,16,19)(H,17,18)(H,20,21)/t11-/m1/s1. The summed E-state index contributed by atoms with van der Waals surface area (Å²) in [5, 5.41) is 13.8. The zero-order chi connectivity index (χ0) is 15.8. The highest BCUT2D eigenvalue weighted by Gasteiger charge is 2.21. The van der Waals surface area contributed by atoms with Crippen LogP contribution in [-0.2, 0) is 9.59 Å². The molecule has 21 heavy (non-hydrogen) atoms. The molecule has 0 aliphatic rings. The molecule has 2 amide bonds. The number of pyridine rings is 1. The highest BCUT2D eigenvalue weighted by Crippen LogP contribution is 2.04. The van der Waals surface area contributed by atoms with E-state index in [1.807, 2.05) is 13.8 Å². The number of carbonyl (C=O) groups is 3. The maximum atomic E-state index is 11.7. The molecule has 0 spiro atoms. The van der Waals surface area contributed by atoms with Gasteiger partial charge in [-0.1, -0.05) is 13.8 Å². The Morgan fingerprint density at radius 3 is 2.57 bits per heavy atom. The van der Waals surface area contributed by atoms with Gasteiger partial charge in [0.2, 0.25) is 5.91 Å². The largest absolute Gasteiger partial charge is 0.480 e. The number of rotatable bonds is 7. The Bertz CT molecular complexity index is 502. The highest BCUT2D eigenvalue weighted by atomic mass is 16.4. The van der Waals surface area contributed by atoms with Gasteiger partial charge >= 0.3 is 5.97 Å². The second-order valence-electron chi connectivity index (χ2n) is 5.01. The van der Waals surface area contributed by atoms with Crippen molar-refractivity contribution in [3.05, 3.63) is 30.1 Å². The number of carboxylic acids is 1. The van der Waals surface area contributed by atoms with E-state index >= 15 is 0 Å². The summed E-state index contributed by atoms with van der Waals surface area (Å²) in [6.07, 6.45) is 3.25. The van der Waals surface area contributed by atoms with Crippen molar-refractivity contribution < 1.29 is 19.5 Å². The number of carbonyl (C=O) groups excluding carboxylic acids is 2. The van der Waals surface area contributed by atoms with Crippen molar-refractivity contribution in [2.45, 2.75) is 26.3 Å². The van der Waals surface area contributed by atoms with Crippen LogP contribution in [0.2, 0.25) is 0 Å². The Kier molecular flexibility index (Phi) is 6.32. The third kappa shape index (κ3) is 6.03. The molecule has 0 saturated heterocycles. The maximum Gasteiger partial charge on any atom is 0.326 e. The first kappa shape index (κ1) is 16.6. The second kappa shape index (κ2) is 7.98. The summed E-state index contributed by atoms with van der Waals surface area (Å²) in [6, 6.07) is 2.23. The van der Waals surface area contributed by atoms with Gasteiger partial charge in [0.05, 0.1) is 12.1 Å². The topological polar surface area (TPSA) is 108 Å². The van der Waals surface area contributed by atoms with Crippen molar-refractivity contribution in [2.24, 2.45) is 5.92 Å². The van der Waals surface area contributed by atoms with Crippen molar-refractivity contribution in [3.8, 4) is 0 Å². The van der Waals surface area contributed by atoms with Crippen molar-refractivity contribution in [3.63, 3.8) is 0 Å². The third-order valence-electron chi connectivity index (χ3n) is 2.67. The lowest BCUT2D eigenvalue weighted by Crippen LogP contribution is -2.46. The van der Waals surface area contributed by atoms with E-state index in [1.165, 1.54) is 12.4 Å². The van der Waals surface area contributed by atoms with Crippen LogP contribution >= 0.6 is 0 Å². The smallest absolute Gasteiger partial charge is 0.326 e. The van der Waals surface area contributed by atoms with E-state index < -0.39 is 23.8 Å². The Balaban J connectivity index is 2.46. The summed E-state index contributed by atoms with van der Waals surface area (Å²) in [5.41, 5.74) is 0.335. The molecule has 0 saturated carbocycles. The summed E-state index contributed by atoms with van der Waals surface area (Å²) in [7, 11) is 0. The first-order chi connectivity index (χ1) is 9.90. The number of hydrogen-bond acceptors (Lipinski definition) is 4. The second-order valence-corrected chi connectivity index (χ2v) is 5.01. The Labute approximate surface area is 122 Å². The zero-order valence-corrected chi connectivity index (χ0v) is 12.0. The average Bonchev–Trinajstić information content (AvgIpc) is 2.44. The number of aliphatic carboxylic acids is 1. The van der Waals surface area contributed by atoms with E-state index in [9.17, 15) is 14.4 Å². The predicted octanol–water partition coefficient (Wildman–Crippen LogP) is 0.427. The van der Waals surface area contributed by atoms with Crippen molar-refractivity contribution in [1.29, 1.82) is 0 Å². The molecule has 114 valence electrons. The molecule has 7 heteroatoms. The Hall–Kier alpha value is -2.44. The van der Waals surface area contributed by atoms with E-state index in [-0.39, 0.29) is 12.5 Å². The summed E-state index contributed by atoms with van der Waals surface area (Å²) in [6.45, 7) is 3.45. The van der Waals surface area contributed by atoms with Gasteiger partial charge in [0, 0.05) is 12.4 Å². The fraction of sp³-hybridized carbons (Fsp3) is 0.429. The van der Waals surface area contributed by atoms with Crippen LogP contribution in [0.5, 0.6) is 0 Å². The molecular weight excluding hydrogens is 274 g/mol. The monoisotopic (exact) mass is 293 g/mol. The van der Waals surface area contributed by atoms with Gasteiger partial charge in [-0.05, 0) is 24.5 Å². The molecular formula is C14H19N3O4. The average molecular weight is 293 g/mol. The Morgan fingerprint density at radius 1 is 1.33 bits per heavy atom. The van der Waals surface area contributed by atoms with Crippen LogP contribution in [0.4, 0.5) is 0 Å². The van der Waals surface area contributed by atoms with Gasteiger partial charge in [-0.25, -0.2) is 4.79 Å². The van der Waals surface area contributed by atoms with Gasteiger partial charge in [0.25, 0.3) is 5.91 Å². The van der Waals surface area contributed by atoms with Gasteiger partial charge in [-0.3, -0.25) is 14.6 Å². The van der Waals surface area contributed by atoms with Gasteiger partial charge < -0.3 is 15.7 Å². The molecule has 0 aliphatic carbocycles. The van der Waals surface area contributed by atoms with Crippen LogP contribution < -0.4 is 10.6 Å².